The van der Waals surface area contributed by atoms with Gasteiger partial charge in [0.1, 0.15) is 11.5 Å². The summed E-state index contributed by atoms with van der Waals surface area (Å²) in [5.74, 6) is -0.278. The normalized spacial score (nSPS) is 10.6. The van der Waals surface area contributed by atoms with Crippen LogP contribution in [0.25, 0.3) is 0 Å². The Balaban J connectivity index is 1.56. The summed E-state index contributed by atoms with van der Waals surface area (Å²) in [6, 6.07) is 22.0. The second-order valence-electron chi connectivity index (χ2n) is 6.44. The van der Waals surface area contributed by atoms with Gasteiger partial charge in [-0.25, -0.2) is 5.43 Å². The zero-order valence-electron chi connectivity index (χ0n) is 16.2. The van der Waals surface area contributed by atoms with Crippen LogP contribution in [0.1, 0.15) is 16.7 Å². The predicted octanol–water partition coefficient (Wildman–Crippen LogP) is 4.18. The van der Waals surface area contributed by atoms with Gasteiger partial charge in [0.25, 0.3) is 0 Å². The van der Waals surface area contributed by atoms with Crippen molar-refractivity contribution in [3.8, 4) is 11.5 Å². The lowest BCUT2D eigenvalue weighted by Crippen LogP contribution is -2.32. The molecule has 2 amide bonds. The van der Waals surface area contributed by atoms with Crippen molar-refractivity contribution in [2.45, 2.75) is 13.8 Å². The van der Waals surface area contributed by atoms with E-state index in [-0.39, 0.29) is 0 Å². The van der Waals surface area contributed by atoms with E-state index in [0.29, 0.717) is 17.0 Å². The van der Waals surface area contributed by atoms with Crippen molar-refractivity contribution in [1.82, 2.24) is 5.43 Å². The van der Waals surface area contributed by atoms with Crippen LogP contribution >= 0.6 is 0 Å². The molecule has 0 radical (unpaired) electrons. The van der Waals surface area contributed by atoms with E-state index in [9.17, 15) is 9.59 Å². The van der Waals surface area contributed by atoms with Crippen LogP contribution in [-0.2, 0) is 9.59 Å². The largest absolute Gasteiger partial charge is 0.457 e. The molecule has 29 heavy (non-hydrogen) atoms. The number of hydrogen-bond donors (Lipinski definition) is 2. The first-order valence-corrected chi connectivity index (χ1v) is 9.06. The van der Waals surface area contributed by atoms with Crippen LogP contribution in [0.4, 0.5) is 5.69 Å². The first kappa shape index (κ1) is 19.8. The Labute approximate surface area is 169 Å². The van der Waals surface area contributed by atoms with E-state index in [4.69, 9.17) is 4.74 Å². The minimum absolute atomic E-state index is 0.558. The summed E-state index contributed by atoms with van der Waals surface area (Å²) in [6.07, 6.45) is 1.44. The fraction of sp³-hybridized carbons (Fsp3) is 0.0870. The van der Waals surface area contributed by atoms with Gasteiger partial charge >= 0.3 is 11.8 Å². The zero-order valence-corrected chi connectivity index (χ0v) is 16.2. The first-order valence-electron chi connectivity index (χ1n) is 9.06. The number of para-hydroxylation sites is 1. The van der Waals surface area contributed by atoms with Crippen LogP contribution in [0.3, 0.4) is 0 Å². The summed E-state index contributed by atoms with van der Waals surface area (Å²) in [6.45, 7) is 3.91. The number of nitrogens with zero attached hydrogens (tertiary/aromatic N) is 1. The fourth-order valence-corrected chi connectivity index (χ4v) is 2.51. The van der Waals surface area contributed by atoms with Gasteiger partial charge in [-0.05, 0) is 66.9 Å². The third-order valence-corrected chi connectivity index (χ3v) is 4.19. The molecule has 6 nitrogen and oxygen atoms in total. The fourth-order valence-electron chi connectivity index (χ4n) is 2.51. The average Bonchev–Trinajstić information content (AvgIpc) is 2.72. The maximum Gasteiger partial charge on any atom is 0.329 e. The Morgan fingerprint density at radius 1 is 0.828 bits per heavy atom. The number of benzene rings is 3. The Morgan fingerprint density at radius 3 is 2.34 bits per heavy atom. The number of amides is 2. The number of nitrogens with one attached hydrogen (secondary N) is 2. The maximum absolute atomic E-state index is 12.0. The molecule has 146 valence electrons. The van der Waals surface area contributed by atoms with Crippen LogP contribution in [0.5, 0.6) is 11.5 Å². The second-order valence-corrected chi connectivity index (χ2v) is 6.44. The van der Waals surface area contributed by atoms with Gasteiger partial charge in [0.05, 0.1) is 6.21 Å². The molecule has 0 fully saturated rings. The number of anilines is 1. The van der Waals surface area contributed by atoms with Crippen molar-refractivity contribution in [3.63, 3.8) is 0 Å². The average molecular weight is 387 g/mol. The van der Waals surface area contributed by atoms with E-state index in [0.717, 1.165) is 16.9 Å². The molecule has 0 aliphatic carbocycles. The molecule has 0 atom stereocenters. The lowest BCUT2D eigenvalue weighted by molar-refractivity contribution is -0.136. The molecule has 3 aromatic rings. The number of hydrazone groups is 1. The van der Waals surface area contributed by atoms with Gasteiger partial charge in [-0.2, -0.15) is 5.10 Å². The lowest BCUT2D eigenvalue weighted by Gasteiger charge is -2.07. The summed E-state index contributed by atoms with van der Waals surface area (Å²) in [4.78, 5) is 23.9. The highest BCUT2D eigenvalue weighted by Crippen LogP contribution is 2.21. The van der Waals surface area contributed by atoms with Gasteiger partial charge in [-0.3, -0.25) is 9.59 Å². The molecule has 3 aromatic carbocycles. The van der Waals surface area contributed by atoms with Crippen molar-refractivity contribution in [1.29, 1.82) is 0 Å². The predicted molar refractivity (Wildman–Crippen MR) is 113 cm³/mol. The standard InChI is InChI=1S/C23H21N3O3/c1-16-11-12-19(13-17(16)2)25-22(27)23(28)26-24-15-18-7-6-10-21(14-18)29-20-8-4-3-5-9-20/h3-15H,1-2H3,(H,25,27)(H,26,28)/b24-15-. The van der Waals surface area contributed by atoms with Crippen LogP contribution in [0.2, 0.25) is 0 Å². The van der Waals surface area contributed by atoms with Gasteiger partial charge in [-0.15, -0.1) is 0 Å². The smallest absolute Gasteiger partial charge is 0.329 e. The molecular weight excluding hydrogens is 366 g/mol. The monoisotopic (exact) mass is 387 g/mol. The summed E-state index contributed by atoms with van der Waals surface area (Å²) in [5.41, 5.74) is 5.63. The Kier molecular flexibility index (Phi) is 6.37. The minimum Gasteiger partial charge on any atom is -0.457 e. The lowest BCUT2D eigenvalue weighted by atomic mass is 10.1. The SMILES string of the molecule is Cc1ccc(NC(=O)C(=O)N/N=C\c2cccc(Oc3ccccc3)c2)cc1C. The van der Waals surface area contributed by atoms with Crippen LogP contribution < -0.4 is 15.5 Å². The molecule has 0 saturated heterocycles. The van der Waals surface area contributed by atoms with Gasteiger partial charge < -0.3 is 10.1 Å². The Hall–Kier alpha value is -3.93. The van der Waals surface area contributed by atoms with Gasteiger partial charge in [0, 0.05) is 5.69 Å². The highest BCUT2D eigenvalue weighted by molar-refractivity contribution is 6.39. The summed E-state index contributed by atoms with van der Waals surface area (Å²) in [7, 11) is 0. The molecule has 0 unspecified atom stereocenters. The molecule has 0 bridgehead atoms. The van der Waals surface area contributed by atoms with Crippen molar-refractivity contribution in [2.24, 2.45) is 5.10 Å². The van der Waals surface area contributed by atoms with Crippen LogP contribution in [0.15, 0.2) is 77.9 Å². The Morgan fingerprint density at radius 2 is 1.59 bits per heavy atom. The third kappa shape index (κ3) is 5.77. The quantitative estimate of drug-likeness (QED) is 0.391. The number of ether oxygens (including phenoxy) is 1. The van der Waals surface area contributed by atoms with Crippen LogP contribution in [0, 0.1) is 13.8 Å². The zero-order chi connectivity index (χ0) is 20.6. The van der Waals surface area contributed by atoms with E-state index in [1.54, 1.807) is 12.1 Å². The van der Waals surface area contributed by atoms with Crippen molar-refractivity contribution < 1.29 is 14.3 Å². The van der Waals surface area contributed by atoms with Crippen molar-refractivity contribution in [3.05, 3.63) is 89.5 Å². The van der Waals surface area contributed by atoms with Gasteiger partial charge in [0.2, 0.25) is 0 Å². The third-order valence-electron chi connectivity index (χ3n) is 4.19. The maximum atomic E-state index is 12.0. The minimum atomic E-state index is -0.851. The molecule has 0 aliphatic rings. The first-order chi connectivity index (χ1) is 14.0. The molecule has 2 N–H and O–H groups in total. The van der Waals surface area contributed by atoms with Crippen molar-refractivity contribution in [2.75, 3.05) is 5.32 Å². The number of aryl methyl sites for hydroxylation is 2. The van der Waals surface area contributed by atoms with Gasteiger partial charge in [0.15, 0.2) is 0 Å². The molecule has 0 aromatic heterocycles. The second kappa shape index (κ2) is 9.32. The van der Waals surface area contributed by atoms with Crippen LogP contribution in [-0.4, -0.2) is 18.0 Å². The van der Waals surface area contributed by atoms with E-state index in [2.05, 4.69) is 15.8 Å². The number of carbonyl (C=O) groups excluding carboxylic acids is 2. The Bertz CT molecular complexity index is 1050. The van der Waals surface area contributed by atoms with E-state index in [1.807, 2.05) is 74.5 Å². The van der Waals surface area contributed by atoms with E-state index in [1.165, 1.54) is 6.21 Å². The summed E-state index contributed by atoms with van der Waals surface area (Å²) in [5, 5.41) is 6.39. The van der Waals surface area contributed by atoms with E-state index >= 15 is 0 Å². The number of rotatable bonds is 5. The molecule has 3 rings (SSSR count). The molecule has 6 heteroatoms. The molecular formula is C23H21N3O3. The molecule has 0 heterocycles. The number of hydrogen-bond acceptors (Lipinski definition) is 4. The topological polar surface area (TPSA) is 79.8 Å². The molecule has 0 aliphatic heterocycles. The molecule has 0 spiro atoms. The van der Waals surface area contributed by atoms with Gasteiger partial charge in [-0.1, -0.05) is 36.4 Å². The van der Waals surface area contributed by atoms with Crippen molar-refractivity contribution >= 4 is 23.7 Å². The van der Waals surface area contributed by atoms with E-state index < -0.39 is 11.8 Å². The number of carbonyl (C=O) groups is 2. The highest BCUT2D eigenvalue weighted by Gasteiger charge is 2.13. The molecule has 0 saturated carbocycles. The highest BCUT2D eigenvalue weighted by atomic mass is 16.5. The summed E-state index contributed by atoms with van der Waals surface area (Å²) < 4.78 is 5.76. The summed E-state index contributed by atoms with van der Waals surface area (Å²) >= 11 is 0.